The van der Waals surface area contributed by atoms with E-state index in [1.54, 1.807) is 25.1 Å². The van der Waals surface area contributed by atoms with Crippen molar-refractivity contribution in [2.24, 2.45) is 0 Å². The van der Waals surface area contributed by atoms with E-state index in [4.69, 9.17) is 4.74 Å². The number of carbonyl (C=O) groups is 2. The van der Waals surface area contributed by atoms with Crippen LogP contribution >= 0.6 is 11.3 Å². The van der Waals surface area contributed by atoms with E-state index in [9.17, 15) is 14.4 Å². The van der Waals surface area contributed by atoms with Gasteiger partial charge in [0.25, 0.3) is 11.5 Å². The van der Waals surface area contributed by atoms with Crippen LogP contribution in [-0.2, 0) is 11.3 Å². The SMILES string of the molecule is COc1ccccc1NC(=O)c1sc2ncn(CC(=O)Nc3cccc(C)c3C)c(=O)c2c1C. The number of anilines is 2. The van der Waals surface area contributed by atoms with Gasteiger partial charge in [-0.3, -0.25) is 19.0 Å². The Hall–Kier alpha value is -3.98. The average molecular weight is 477 g/mol. The normalized spacial score (nSPS) is 10.8. The summed E-state index contributed by atoms with van der Waals surface area (Å²) in [5.41, 5.74) is 3.41. The minimum absolute atomic E-state index is 0.187. The Morgan fingerprint density at radius 3 is 2.50 bits per heavy atom. The van der Waals surface area contributed by atoms with Gasteiger partial charge >= 0.3 is 0 Å². The van der Waals surface area contributed by atoms with Gasteiger partial charge in [0.1, 0.15) is 17.1 Å². The number of methoxy groups -OCH3 is 1. The second-order valence-corrected chi connectivity index (χ2v) is 8.86. The fourth-order valence-electron chi connectivity index (χ4n) is 3.65. The van der Waals surface area contributed by atoms with Crippen LogP contribution in [0.25, 0.3) is 10.2 Å². The summed E-state index contributed by atoms with van der Waals surface area (Å²) < 4.78 is 6.54. The number of nitrogens with zero attached hydrogens (tertiary/aromatic N) is 2. The third kappa shape index (κ3) is 4.42. The maximum absolute atomic E-state index is 13.2. The Labute approximate surface area is 200 Å². The zero-order chi connectivity index (χ0) is 24.4. The number of amides is 2. The van der Waals surface area contributed by atoms with Crippen molar-refractivity contribution >= 4 is 44.7 Å². The van der Waals surface area contributed by atoms with Crippen molar-refractivity contribution in [3.63, 3.8) is 0 Å². The van der Waals surface area contributed by atoms with Crippen molar-refractivity contribution in [2.45, 2.75) is 27.3 Å². The quantitative estimate of drug-likeness (QED) is 0.432. The number of fused-ring (bicyclic) bond motifs is 1. The number of nitrogens with one attached hydrogen (secondary N) is 2. The molecule has 0 spiro atoms. The number of hydrogen-bond donors (Lipinski definition) is 2. The fourth-order valence-corrected chi connectivity index (χ4v) is 4.68. The fraction of sp³-hybridized carbons (Fsp3) is 0.200. The van der Waals surface area contributed by atoms with Crippen LogP contribution in [0.4, 0.5) is 11.4 Å². The van der Waals surface area contributed by atoms with Crippen LogP contribution < -0.4 is 20.9 Å². The number of hydrogen-bond acceptors (Lipinski definition) is 6. The third-order valence-corrected chi connectivity index (χ3v) is 6.87. The van der Waals surface area contributed by atoms with E-state index in [-0.39, 0.29) is 23.9 Å². The topological polar surface area (TPSA) is 102 Å². The van der Waals surface area contributed by atoms with Crippen LogP contribution in [0.5, 0.6) is 5.75 Å². The molecule has 0 aliphatic rings. The number of aromatic nitrogens is 2. The Kier molecular flexibility index (Phi) is 6.47. The number of carbonyl (C=O) groups excluding carboxylic acids is 2. The Morgan fingerprint density at radius 2 is 1.74 bits per heavy atom. The molecule has 0 radical (unpaired) electrons. The Bertz CT molecular complexity index is 1470. The van der Waals surface area contributed by atoms with Gasteiger partial charge in [0.05, 0.1) is 29.4 Å². The van der Waals surface area contributed by atoms with Crippen molar-refractivity contribution in [3.8, 4) is 5.75 Å². The Balaban J connectivity index is 1.60. The molecule has 0 saturated carbocycles. The maximum atomic E-state index is 13.2. The highest BCUT2D eigenvalue weighted by Crippen LogP contribution is 2.29. The molecule has 2 aromatic carbocycles. The summed E-state index contributed by atoms with van der Waals surface area (Å²) in [6.07, 6.45) is 1.34. The molecule has 2 amide bonds. The van der Waals surface area contributed by atoms with Gasteiger partial charge in [-0.25, -0.2) is 4.98 Å². The van der Waals surface area contributed by atoms with E-state index >= 15 is 0 Å². The molecule has 2 aromatic heterocycles. The van der Waals surface area contributed by atoms with E-state index < -0.39 is 0 Å². The van der Waals surface area contributed by atoms with Crippen molar-refractivity contribution < 1.29 is 14.3 Å². The molecule has 8 nitrogen and oxygen atoms in total. The lowest BCUT2D eigenvalue weighted by atomic mass is 10.1. The van der Waals surface area contributed by atoms with Gasteiger partial charge in [-0.15, -0.1) is 11.3 Å². The van der Waals surface area contributed by atoms with Crippen molar-refractivity contribution in [1.82, 2.24) is 9.55 Å². The molecular weight excluding hydrogens is 452 g/mol. The molecule has 0 saturated heterocycles. The van der Waals surface area contributed by atoms with Crippen LogP contribution in [0.15, 0.2) is 53.6 Å². The monoisotopic (exact) mass is 476 g/mol. The van der Waals surface area contributed by atoms with Gasteiger partial charge in [-0.2, -0.15) is 0 Å². The molecule has 0 aliphatic carbocycles. The molecule has 0 unspecified atom stereocenters. The molecule has 2 N–H and O–H groups in total. The van der Waals surface area contributed by atoms with Crippen LogP contribution in [0.1, 0.15) is 26.4 Å². The third-order valence-electron chi connectivity index (χ3n) is 5.67. The molecule has 0 fully saturated rings. The molecule has 34 heavy (non-hydrogen) atoms. The summed E-state index contributed by atoms with van der Waals surface area (Å²) in [5, 5.41) is 6.01. The number of rotatable bonds is 6. The summed E-state index contributed by atoms with van der Waals surface area (Å²) in [4.78, 5) is 43.9. The number of benzene rings is 2. The van der Waals surface area contributed by atoms with E-state index in [1.807, 2.05) is 38.1 Å². The first-order valence-electron chi connectivity index (χ1n) is 10.6. The molecule has 9 heteroatoms. The van der Waals surface area contributed by atoms with Crippen LogP contribution in [0.2, 0.25) is 0 Å². The highest BCUT2D eigenvalue weighted by molar-refractivity contribution is 7.20. The summed E-state index contributed by atoms with van der Waals surface area (Å²) >= 11 is 1.13. The lowest BCUT2D eigenvalue weighted by Crippen LogP contribution is -2.28. The van der Waals surface area contributed by atoms with Crippen LogP contribution in [-0.4, -0.2) is 28.5 Å². The molecule has 4 rings (SSSR count). The lowest BCUT2D eigenvalue weighted by molar-refractivity contribution is -0.116. The summed E-state index contributed by atoms with van der Waals surface area (Å²) in [7, 11) is 1.53. The largest absolute Gasteiger partial charge is 0.495 e. The highest BCUT2D eigenvalue weighted by Gasteiger charge is 2.21. The van der Waals surface area contributed by atoms with Gasteiger partial charge < -0.3 is 15.4 Å². The standard InChI is InChI=1S/C25H24N4O4S/c1-14-8-7-10-17(15(14)2)27-20(30)12-29-13-26-24-21(25(29)32)16(3)22(34-24)23(31)28-18-9-5-6-11-19(18)33-4/h5-11,13H,12H2,1-4H3,(H,27,30)(H,28,31). The molecule has 0 aliphatic heterocycles. The van der Waals surface area contributed by atoms with Gasteiger partial charge in [0.2, 0.25) is 5.91 Å². The molecular formula is C25H24N4O4S. The zero-order valence-electron chi connectivity index (χ0n) is 19.3. The van der Waals surface area contributed by atoms with Crippen molar-refractivity contribution in [3.05, 3.63) is 80.7 Å². The molecule has 174 valence electrons. The van der Waals surface area contributed by atoms with Gasteiger partial charge in [-0.1, -0.05) is 24.3 Å². The number of ether oxygens (including phenoxy) is 1. The van der Waals surface area contributed by atoms with E-state index in [0.717, 1.165) is 22.5 Å². The van der Waals surface area contributed by atoms with Gasteiger partial charge in [0, 0.05) is 5.69 Å². The highest BCUT2D eigenvalue weighted by atomic mass is 32.1. The summed E-state index contributed by atoms with van der Waals surface area (Å²) in [6, 6.07) is 12.7. The number of para-hydroxylation sites is 2. The van der Waals surface area contributed by atoms with E-state index in [1.165, 1.54) is 18.0 Å². The molecule has 0 bridgehead atoms. The maximum Gasteiger partial charge on any atom is 0.266 e. The minimum atomic E-state index is -0.369. The smallest absolute Gasteiger partial charge is 0.266 e. The molecule has 0 atom stereocenters. The van der Waals surface area contributed by atoms with E-state index in [2.05, 4.69) is 15.6 Å². The predicted octanol–water partition coefficient (Wildman–Crippen LogP) is 4.28. The van der Waals surface area contributed by atoms with Crippen molar-refractivity contribution in [2.75, 3.05) is 17.7 Å². The van der Waals surface area contributed by atoms with Crippen LogP contribution in [0.3, 0.4) is 0 Å². The van der Waals surface area contributed by atoms with Crippen molar-refractivity contribution in [1.29, 1.82) is 0 Å². The first kappa shape index (κ1) is 23.2. The zero-order valence-corrected chi connectivity index (χ0v) is 20.1. The minimum Gasteiger partial charge on any atom is -0.495 e. The van der Waals surface area contributed by atoms with Crippen LogP contribution in [0, 0.1) is 20.8 Å². The Morgan fingerprint density at radius 1 is 1.00 bits per heavy atom. The summed E-state index contributed by atoms with van der Waals surface area (Å²) in [6.45, 7) is 5.41. The molecule has 4 aromatic rings. The van der Waals surface area contributed by atoms with E-state index in [0.29, 0.717) is 37.8 Å². The van der Waals surface area contributed by atoms with Gasteiger partial charge in [-0.05, 0) is 55.7 Å². The predicted molar refractivity (Wildman–Crippen MR) is 134 cm³/mol. The summed E-state index contributed by atoms with van der Waals surface area (Å²) in [5.74, 6) is -0.160. The first-order valence-corrected chi connectivity index (χ1v) is 11.4. The van der Waals surface area contributed by atoms with Gasteiger partial charge in [0.15, 0.2) is 0 Å². The average Bonchev–Trinajstić information content (AvgIpc) is 3.16. The number of thiophene rings is 1. The number of aryl methyl sites for hydroxylation is 2. The lowest BCUT2D eigenvalue weighted by Gasteiger charge is -2.11. The second-order valence-electron chi connectivity index (χ2n) is 7.86. The second kappa shape index (κ2) is 9.48. The first-order chi connectivity index (χ1) is 16.3. The molecule has 2 heterocycles.